The number of aromatic nitrogens is 6. The van der Waals surface area contributed by atoms with Crippen molar-refractivity contribution in [3.05, 3.63) is 47.5 Å². The molecular formula is C12H10ClN7O. The van der Waals surface area contributed by atoms with Crippen LogP contribution in [0.15, 0.2) is 36.9 Å². The number of benzene rings is 1. The zero-order chi connectivity index (χ0) is 14.7. The van der Waals surface area contributed by atoms with E-state index in [2.05, 4.69) is 25.0 Å². The quantitative estimate of drug-likeness (QED) is 0.773. The van der Waals surface area contributed by atoms with Gasteiger partial charge in [0.1, 0.15) is 19.3 Å². The Hall–Kier alpha value is -2.74. The van der Waals surface area contributed by atoms with Gasteiger partial charge >= 0.3 is 6.01 Å². The normalized spacial score (nSPS) is 10.5. The summed E-state index contributed by atoms with van der Waals surface area (Å²) in [7, 11) is 0. The van der Waals surface area contributed by atoms with Crippen LogP contribution in [0.4, 0.5) is 5.95 Å². The Morgan fingerprint density at radius 3 is 2.67 bits per heavy atom. The summed E-state index contributed by atoms with van der Waals surface area (Å²) in [5.74, 6) is 0.285. The molecule has 0 radical (unpaired) electrons. The summed E-state index contributed by atoms with van der Waals surface area (Å²) >= 11 is 5.82. The highest BCUT2D eigenvalue weighted by Crippen LogP contribution is 2.13. The lowest BCUT2D eigenvalue weighted by Crippen LogP contribution is -2.09. The minimum absolute atomic E-state index is 0.0432. The molecule has 21 heavy (non-hydrogen) atoms. The van der Waals surface area contributed by atoms with Gasteiger partial charge in [0, 0.05) is 5.02 Å². The van der Waals surface area contributed by atoms with Crippen LogP contribution in [0, 0.1) is 0 Å². The number of nitrogens with two attached hydrogens (primary N) is 1. The molecule has 3 aromatic rings. The Morgan fingerprint density at radius 1 is 1.14 bits per heavy atom. The van der Waals surface area contributed by atoms with Crippen molar-refractivity contribution >= 4 is 17.5 Å². The second-order valence-corrected chi connectivity index (χ2v) is 4.47. The van der Waals surface area contributed by atoms with Crippen LogP contribution in [-0.4, -0.2) is 29.7 Å². The van der Waals surface area contributed by atoms with Gasteiger partial charge in [-0.15, -0.1) is 0 Å². The van der Waals surface area contributed by atoms with Crippen molar-refractivity contribution in [3.63, 3.8) is 0 Å². The van der Waals surface area contributed by atoms with Crippen molar-refractivity contribution in [1.29, 1.82) is 0 Å². The molecule has 8 nitrogen and oxygen atoms in total. The standard InChI is InChI=1S/C12H10ClN7O/c13-9-3-1-8(2-4-9)5-21-12-18-10(14)17-11(19-12)20-7-15-6-16-20/h1-4,6-7H,5H2,(H2,14,17,18,19). The Kier molecular flexibility index (Phi) is 3.61. The SMILES string of the molecule is Nc1nc(OCc2ccc(Cl)cc2)nc(-n2cncn2)n1. The molecule has 0 aliphatic rings. The van der Waals surface area contributed by atoms with Crippen LogP contribution in [-0.2, 0) is 6.61 Å². The third-order valence-electron chi connectivity index (χ3n) is 2.53. The third kappa shape index (κ3) is 3.23. The van der Waals surface area contributed by atoms with E-state index in [0.29, 0.717) is 5.02 Å². The Morgan fingerprint density at radius 2 is 1.95 bits per heavy atom. The number of hydrogen-bond donors (Lipinski definition) is 1. The molecule has 9 heteroatoms. The van der Waals surface area contributed by atoms with Gasteiger partial charge < -0.3 is 10.5 Å². The largest absolute Gasteiger partial charge is 0.458 e. The maximum absolute atomic E-state index is 5.82. The molecule has 0 fully saturated rings. The molecule has 0 saturated heterocycles. The van der Waals surface area contributed by atoms with E-state index in [9.17, 15) is 0 Å². The fourth-order valence-corrected chi connectivity index (χ4v) is 1.69. The van der Waals surface area contributed by atoms with E-state index in [1.54, 1.807) is 12.1 Å². The van der Waals surface area contributed by atoms with Gasteiger partial charge in [0.2, 0.25) is 5.95 Å². The van der Waals surface area contributed by atoms with Gasteiger partial charge in [0.25, 0.3) is 5.95 Å². The second kappa shape index (κ2) is 5.71. The van der Waals surface area contributed by atoms with Gasteiger partial charge in [-0.25, -0.2) is 4.98 Å². The highest BCUT2D eigenvalue weighted by atomic mass is 35.5. The highest BCUT2D eigenvalue weighted by molar-refractivity contribution is 6.30. The number of hydrogen-bond acceptors (Lipinski definition) is 7. The van der Waals surface area contributed by atoms with E-state index in [-0.39, 0.29) is 24.5 Å². The van der Waals surface area contributed by atoms with E-state index in [0.717, 1.165) is 5.56 Å². The van der Waals surface area contributed by atoms with Gasteiger partial charge in [0.15, 0.2) is 0 Å². The first-order chi connectivity index (χ1) is 10.2. The van der Waals surface area contributed by atoms with E-state index in [1.807, 2.05) is 12.1 Å². The third-order valence-corrected chi connectivity index (χ3v) is 2.78. The van der Waals surface area contributed by atoms with Crippen LogP contribution < -0.4 is 10.5 Å². The Labute approximate surface area is 124 Å². The molecule has 3 rings (SSSR count). The molecule has 0 aliphatic carbocycles. The number of anilines is 1. The number of nitrogens with zero attached hydrogens (tertiary/aromatic N) is 6. The summed E-state index contributed by atoms with van der Waals surface area (Å²) in [6.07, 6.45) is 2.83. The molecule has 0 saturated carbocycles. The maximum atomic E-state index is 5.82. The summed E-state index contributed by atoms with van der Waals surface area (Å²) in [6, 6.07) is 7.38. The first-order valence-corrected chi connectivity index (χ1v) is 6.32. The van der Waals surface area contributed by atoms with Crippen molar-refractivity contribution in [2.24, 2.45) is 0 Å². The average molecular weight is 304 g/mol. The van der Waals surface area contributed by atoms with Crippen LogP contribution in [0.2, 0.25) is 5.02 Å². The van der Waals surface area contributed by atoms with Gasteiger partial charge in [0.05, 0.1) is 0 Å². The lowest BCUT2D eigenvalue weighted by molar-refractivity contribution is 0.279. The van der Waals surface area contributed by atoms with Crippen molar-refractivity contribution in [1.82, 2.24) is 29.7 Å². The highest BCUT2D eigenvalue weighted by Gasteiger charge is 2.08. The second-order valence-electron chi connectivity index (χ2n) is 4.03. The van der Waals surface area contributed by atoms with Crippen LogP contribution in [0.25, 0.3) is 5.95 Å². The predicted octanol–water partition coefficient (Wildman–Crippen LogP) is 1.27. The average Bonchev–Trinajstić information content (AvgIpc) is 3.00. The Balaban J connectivity index is 1.78. The van der Waals surface area contributed by atoms with Gasteiger partial charge in [-0.3, -0.25) is 0 Å². The zero-order valence-electron chi connectivity index (χ0n) is 10.7. The van der Waals surface area contributed by atoms with E-state index < -0.39 is 0 Å². The molecule has 0 amide bonds. The topological polar surface area (TPSA) is 105 Å². The van der Waals surface area contributed by atoms with Gasteiger partial charge in [-0.2, -0.15) is 24.7 Å². The zero-order valence-corrected chi connectivity index (χ0v) is 11.5. The maximum Gasteiger partial charge on any atom is 0.323 e. The van der Waals surface area contributed by atoms with Crippen molar-refractivity contribution in [2.75, 3.05) is 5.73 Å². The fourth-order valence-electron chi connectivity index (χ4n) is 1.57. The molecule has 2 aromatic heterocycles. The summed E-state index contributed by atoms with van der Waals surface area (Å²) < 4.78 is 6.87. The molecule has 2 N–H and O–H groups in total. The molecule has 106 valence electrons. The minimum atomic E-state index is 0.0432. The minimum Gasteiger partial charge on any atom is -0.458 e. The van der Waals surface area contributed by atoms with Crippen molar-refractivity contribution in [3.8, 4) is 12.0 Å². The van der Waals surface area contributed by atoms with Crippen molar-refractivity contribution in [2.45, 2.75) is 6.61 Å². The van der Waals surface area contributed by atoms with Crippen LogP contribution in [0.1, 0.15) is 5.56 Å². The van der Waals surface area contributed by atoms with Crippen LogP contribution in [0.3, 0.4) is 0 Å². The van der Waals surface area contributed by atoms with Gasteiger partial charge in [-0.05, 0) is 17.7 Å². The number of rotatable bonds is 4. The fraction of sp³-hybridized carbons (Fsp3) is 0.0833. The molecule has 0 unspecified atom stereocenters. The van der Waals surface area contributed by atoms with E-state index in [4.69, 9.17) is 22.1 Å². The predicted molar refractivity (Wildman–Crippen MR) is 74.9 cm³/mol. The Bertz CT molecular complexity index is 730. The summed E-state index contributed by atoms with van der Waals surface area (Å²) in [4.78, 5) is 15.8. The van der Waals surface area contributed by atoms with E-state index in [1.165, 1.54) is 17.3 Å². The first-order valence-electron chi connectivity index (χ1n) is 5.94. The molecule has 2 heterocycles. The van der Waals surface area contributed by atoms with Crippen molar-refractivity contribution < 1.29 is 4.74 Å². The molecule has 0 spiro atoms. The number of halogens is 1. The summed E-state index contributed by atoms with van der Waals surface area (Å²) in [6.45, 7) is 0.289. The number of ether oxygens (including phenoxy) is 1. The monoisotopic (exact) mass is 303 g/mol. The molecule has 1 aromatic carbocycles. The van der Waals surface area contributed by atoms with Gasteiger partial charge in [-0.1, -0.05) is 23.7 Å². The smallest absolute Gasteiger partial charge is 0.323 e. The number of nitrogen functional groups attached to an aromatic ring is 1. The molecule has 0 aliphatic heterocycles. The molecular weight excluding hydrogens is 294 g/mol. The molecule has 0 atom stereocenters. The molecule has 0 bridgehead atoms. The first kappa shape index (κ1) is 13.3. The lowest BCUT2D eigenvalue weighted by Gasteiger charge is -2.06. The lowest BCUT2D eigenvalue weighted by atomic mass is 10.2. The van der Waals surface area contributed by atoms with E-state index >= 15 is 0 Å². The van der Waals surface area contributed by atoms with Crippen LogP contribution in [0.5, 0.6) is 6.01 Å². The summed E-state index contributed by atoms with van der Waals surface area (Å²) in [5, 5.41) is 4.59. The van der Waals surface area contributed by atoms with Crippen LogP contribution >= 0.6 is 11.6 Å². The summed E-state index contributed by atoms with van der Waals surface area (Å²) in [5.41, 5.74) is 6.56.